The number of nitrogens with one attached hydrogen (secondary N) is 1. The number of rotatable bonds is 6. The van der Waals surface area contributed by atoms with Crippen molar-refractivity contribution in [3.63, 3.8) is 0 Å². The molecule has 1 N–H and O–H groups in total. The lowest BCUT2D eigenvalue weighted by Gasteiger charge is -2.42. The lowest BCUT2D eigenvalue weighted by Crippen LogP contribution is -2.34. The number of hydrogen-bond acceptors (Lipinski definition) is 5. The summed E-state index contributed by atoms with van der Waals surface area (Å²) in [6.07, 6.45) is 2.30. The largest absolute Gasteiger partial charge is 0.497 e. The van der Waals surface area contributed by atoms with E-state index >= 15 is 0 Å². The number of ether oxygens (including phenoxy) is 2. The lowest BCUT2D eigenvalue weighted by molar-refractivity contribution is 0.0600. The fraction of sp³-hybridized carbons (Fsp3) is 0.355. The van der Waals surface area contributed by atoms with Crippen molar-refractivity contribution >= 4 is 28.9 Å². The van der Waals surface area contributed by atoms with E-state index in [1.165, 1.54) is 18.2 Å². The summed E-state index contributed by atoms with van der Waals surface area (Å²) in [6, 6.07) is 18.7. The van der Waals surface area contributed by atoms with Gasteiger partial charge in [0.15, 0.2) is 0 Å². The van der Waals surface area contributed by atoms with E-state index in [2.05, 4.69) is 56.1 Å². The molecule has 0 aromatic heterocycles. The van der Waals surface area contributed by atoms with Gasteiger partial charge in [-0.05, 0) is 83.3 Å². The number of carbonyl (C=O) groups excluding carboxylic acids is 2. The van der Waals surface area contributed by atoms with E-state index in [1.54, 1.807) is 31.4 Å². The fourth-order valence-electron chi connectivity index (χ4n) is 5.03. The van der Waals surface area contributed by atoms with Crippen LogP contribution in [0, 0.1) is 0 Å². The SMILES string of the molecule is COC(=O)c1ccc(C(=O)Nc2cc(OC)ccc2N(C)c2ccc3c(c2)C(C)(C)CCC3(C)C)cc1. The van der Waals surface area contributed by atoms with Crippen LogP contribution in [-0.4, -0.2) is 33.1 Å². The predicted octanol–water partition coefficient (Wildman–Crippen LogP) is 6.85. The molecule has 6 nitrogen and oxygen atoms in total. The maximum absolute atomic E-state index is 13.1. The first-order valence-electron chi connectivity index (χ1n) is 12.5. The summed E-state index contributed by atoms with van der Waals surface area (Å²) in [5, 5.41) is 3.03. The summed E-state index contributed by atoms with van der Waals surface area (Å²) in [5.41, 5.74) is 6.35. The van der Waals surface area contributed by atoms with Crippen LogP contribution in [0.5, 0.6) is 5.75 Å². The number of methoxy groups -OCH3 is 2. The highest BCUT2D eigenvalue weighted by molar-refractivity contribution is 6.06. The molecule has 1 aliphatic rings. The van der Waals surface area contributed by atoms with Crippen molar-refractivity contribution in [3.05, 3.63) is 82.9 Å². The Bertz CT molecular complexity index is 1330. The molecular formula is C31H36N2O4. The minimum Gasteiger partial charge on any atom is -0.497 e. The van der Waals surface area contributed by atoms with Gasteiger partial charge in [0.1, 0.15) is 5.75 Å². The first kappa shape index (κ1) is 26.3. The highest BCUT2D eigenvalue weighted by atomic mass is 16.5. The molecule has 1 aliphatic carbocycles. The van der Waals surface area contributed by atoms with Crippen molar-refractivity contribution in [2.45, 2.75) is 51.4 Å². The minimum absolute atomic E-state index is 0.0923. The van der Waals surface area contributed by atoms with Gasteiger partial charge in [0.05, 0.1) is 31.2 Å². The Hall–Kier alpha value is -3.80. The number of anilines is 3. The topological polar surface area (TPSA) is 67.9 Å². The molecule has 0 fully saturated rings. The smallest absolute Gasteiger partial charge is 0.337 e. The van der Waals surface area contributed by atoms with E-state index in [9.17, 15) is 9.59 Å². The van der Waals surface area contributed by atoms with Gasteiger partial charge in [0.25, 0.3) is 5.91 Å². The van der Waals surface area contributed by atoms with Gasteiger partial charge in [-0.1, -0.05) is 33.8 Å². The van der Waals surface area contributed by atoms with Crippen LogP contribution in [0.1, 0.15) is 72.4 Å². The molecule has 0 unspecified atom stereocenters. The highest BCUT2D eigenvalue weighted by Crippen LogP contribution is 2.47. The average molecular weight is 501 g/mol. The van der Waals surface area contributed by atoms with Crippen LogP contribution in [0.4, 0.5) is 17.1 Å². The molecule has 0 heterocycles. The number of amides is 1. The van der Waals surface area contributed by atoms with Crippen LogP contribution in [0.25, 0.3) is 0 Å². The van der Waals surface area contributed by atoms with Gasteiger partial charge < -0.3 is 19.7 Å². The second-order valence-electron chi connectivity index (χ2n) is 11.0. The third kappa shape index (κ3) is 5.19. The zero-order chi connectivity index (χ0) is 27.0. The van der Waals surface area contributed by atoms with Gasteiger partial charge in [0.2, 0.25) is 0 Å². The number of carbonyl (C=O) groups is 2. The molecule has 0 bridgehead atoms. The summed E-state index contributed by atoms with van der Waals surface area (Å²) >= 11 is 0. The molecule has 37 heavy (non-hydrogen) atoms. The first-order chi connectivity index (χ1) is 17.5. The summed E-state index contributed by atoms with van der Waals surface area (Å²) in [7, 11) is 4.93. The first-order valence-corrected chi connectivity index (χ1v) is 12.5. The van der Waals surface area contributed by atoms with Gasteiger partial charge in [-0.2, -0.15) is 0 Å². The zero-order valence-corrected chi connectivity index (χ0v) is 22.8. The van der Waals surface area contributed by atoms with Gasteiger partial charge in [0, 0.05) is 24.4 Å². The van der Waals surface area contributed by atoms with Crippen LogP contribution in [-0.2, 0) is 15.6 Å². The summed E-state index contributed by atoms with van der Waals surface area (Å²) < 4.78 is 10.2. The summed E-state index contributed by atoms with van der Waals surface area (Å²) in [5.74, 6) is -0.0882. The Kier molecular flexibility index (Phi) is 7.05. The van der Waals surface area contributed by atoms with Gasteiger partial charge in [-0.15, -0.1) is 0 Å². The molecule has 3 aromatic carbocycles. The van der Waals surface area contributed by atoms with Gasteiger partial charge in [-0.25, -0.2) is 4.79 Å². The van der Waals surface area contributed by atoms with Crippen molar-refractivity contribution in [3.8, 4) is 5.75 Å². The Balaban J connectivity index is 1.68. The van der Waals surface area contributed by atoms with Crippen LogP contribution < -0.4 is 15.0 Å². The number of nitrogens with zero attached hydrogens (tertiary/aromatic N) is 1. The molecule has 6 heteroatoms. The minimum atomic E-state index is -0.444. The molecule has 0 atom stereocenters. The number of hydrogen-bond donors (Lipinski definition) is 1. The Labute approximate surface area is 219 Å². The van der Waals surface area contributed by atoms with Crippen LogP contribution in [0.2, 0.25) is 0 Å². The van der Waals surface area contributed by atoms with Crippen LogP contribution in [0.15, 0.2) is 60.7 Å². The van der Waals surface area contributed by atoms with Crippen molar-refractivity contribution < 1.29 is 19.1 Å². The van der Waals surface area contributed by atoms with Crippen LogP contribution >= 0.6 is 0 Å². The average Bonchev–Trinajstić information content (AvgIpc) is 2.90. The zero-order valence-electron chi connectivity index (χ0n) is 22.8. The molecule has 0 saturated carbocycles. The van der Waals surface area contributed by atoms with E-state index in [-0.39, 0.29) is 16.7 Å². The summed E-state index contributed by atoms with van der Waals surface area (Å²) in [6.45, 7) is 9.27. The van der Waals surface area contributed by atoms with Gasteiger partial charge >= 0.3 is 5.97 Å². The second kappa shape index (κ2) is 9.92. The molecule has 4 rings (SSSR count). The predicted molar refractivity (Wildman–Crippen MR) is 149 cm³/mol. The lowest BCUT2D eigenvalue weighted by atomic mass is 9.63. The van der Waals surface area contributed by atoms with Crippen molar-refractivity contribution in [1.29, 1.82) is 0 Å². The van der Waals surface area contributed by atoms with E-state index in [1.807, 2.05) is 25.2 Å². The Morgan fingerprint density at radius 1 is 0.811 bits per heavy atom. The molecule has 1 amide bonds. The molecule has 0 saturated heterocycles. The van der Waals surface area contributed by atoms with Crippen molar-refractivity contribution in [2.75, 3.05) is 31.5 Å². The summed E-state index contributed by atoms with van der Waals surface area (Å²) in [4.78, 5) is 27.0. The molecule has 194 valence electrons. The standard InChI is InChI=1S/C31H36N2O4/c1-30(2)16-17-31(3,4)25-18-22(12-14-24(25)30)33(5)27-15-13-23(36-6)19-26(27)32-28(34)20-8-10-21(11-9-20)29(35)37-7/h8-15,18-19H,16-17H2,1-7H3,(H,32,34). The van der Waals surface area contributed by atoms with Gasteiger partial charge in [-0.3, -0.25) is 4.79 Å². The Morgan fingerprint density at radius 3 is 2.05 bits per heavy atom. The normalized spacial score (nSPS) is 15.3. The monoisotopic (exact) mass is 500 g/mol. The molecule has 0 aliphatic heterocycles. The number of benzene rings is 3. The maximum atomic E-state index is 13.1. The quantitative estimate of drug-likeness (QED) is 0.375. The number of esters is 1. The van der Waals surface area contributed by atoms with Crippen molar-refractivity contribution in [2.24, 2.45) is 0 Å². The molecular weight excluding hydrogens is 464 g/mol. The van der Waals surface area contributed by atoms with E-state index in [4.69, 9.17) is 9.47 Å². The maximum Gasteiger partial charge on any atom is 0.337 e. The van der Waals surface area contributed by atoms with Crippen LogP contribution in [0.3, 0.4) is 0 Å². The van der Waals surface area contributed by atoms with Crippen molar-refractivity contribution in [1.82, 2.24) is 0 Å². The molecule has 0 radical (unpaired) electrons. The number of fused-ring (bicyclic) bond motifs is 1. The third-order valence-electron chi connectivity index (χ3n) is 7.61. The van der Waals surface area contributed by atoms with E-state index in [0.29, 0.717) is 22.6 Å². The van der Waals surface area contributed by atoms with E-state index in [0.717, 1.165) is 24.2 Å². The van der Waals surface area contributed by atoms with E-state index < -0.39 is 5.97 Å². The second-order valence-corrected chi connectivity index (χ2v) is 11.0. The molecule has 3 aromatic rings. The Morgan fingerprint density at radius 2 is 1.43 bits per heavy atom. The molecule has 0 spiro atoms. The highest BCUT2D eigenvalue weighted by Gasteiger charge is 2.37. The third-order valence-corrected chi connectivity index (χ3v) is 7.61. The fourth-order valence-corrected chi connectivity index (χ4v) is 5.03.